The highest BCUT2D eigenvalue weighted by molar-refractivity contribution is 6.20. The number of amides is 1. The number of pyridine rings is 1. The third-order valence-electron chi connectivity index (χ3n) is 5.88. The summed E-state index contributed by atoms with van der Waals surface area (Å²) in [5.41, 5.74) is 1.87. The molecule has 1 amide bonds. The number of hydrogen-bond donors (Lipinski definition) is 1. The maximum atomic E-state index is 13.1. The molecule has 1 aromatic carbocycles. The third kappa shape index (κ3) is 3.88. The standard InChI is InChI=1S/C23H23ClN2O2/c24-17-9-10-19-18(13-17)21(16-6-2-1-3-7-16)22(23(28)26-19)20(27)11-8-15-5-4-12-25-14-15/h1-8,11-12,14,17-19,21-22H,9-10,13H2,(H,26,28)/b11-8+. The van der Waals surface area contributed by atoms with Crippen LogP contribution in [0.3, 0.4) is 0 Å². The van der Waals surface area contributed by atoms with E-state index < -0.39 is 5.92 Å². The molecule has 1 aliphatic heterocycles. The number of hydrogen-bond acceptors (Lipinski definition) is 3. The maximum Gasteiger partial charge on any atom is 0.231 e. The van der Waals surface area contributed by atoms with Crippen molar-refractivity contribution in [3.8, 4) is 0 Å². The number of allylic oxidation sites excluding steroid dienone is 1. The molecule has 2 aliphatic rings. The number of benzene rings is 1. The number of carbonyl (C=O) groups excluding carboxylic acids is 2. The Bertz CT molecular complexity index is 869. The summed E-state index contributed by atoms with van der Waals surface area (Å²) in [5.74, 6) is -1.09. The number of ketones is 1. The fourth-order valence-electron chi connectivity index (χ4n) is 4.59. The number of fused-ring (bicyclic) bond motifs is 1. The van der Waals surface area contributed by atoms with Gasteiger partial charge in [-0.1, -0.05) is 36.4 Å². The van der Waals surface area contributed by atoms with E-state index in [1.807, 2.05) is 42.5 Å². The molecule has 2 fully saturated rings. The summed E-state index contributed by atoms with van der Waals surface area (Å²) in [4.78, 5) is 30.1. The van der Waals surface area contributed by atoms with Crippen LogP contribution in [0.5, 0.6) is 0 Å². The Morgan fingerprint density at radius 1 is 1.14 bits per heavy atom. The van der Waals surface area contributed by atoms with Gasteiger partial charge >= 0.3 is 0 Å². The molecular formula is C23H23ClN2O2. The minimum atomic E-state index is -0.737. The zero-order valence-corrected chi connectivity index (χ0v) is 16.3. The van der Waals surface area contributed by atoms with Gasteiger partial charge in [-0.25, -0.2) is 0 Å². The molecule has 144 valence electrons. The number of piperidine rings is 1. The molecule has 4 nitrogen and oxygen atoms in total. The van der Waals surface area contributed by atoms with E-state index in [9.17, 15) is 9.59 Å². The number of alkyl halides is 1. The number of nitrogens with zero attached hydrogens (tertiary/aromatic N) is 1. The van der Waals surface area contributed by atoms with Crippen molar-refractivity contribution in [2.75, 3.05) is 0 Å². The van der Waals surface area contributed by atoms with E-state index in [2.05, 4.69) is 10.3 Å². The number of aromatic nitrogens is 1. The van der Waals surface area contributed by atoms with Crippen molar-refractivity contribution in [1.82, 2.24) is 10.3 Å². The first-order valence-corrected chi connectivity index (χ1v) is 10.2. The predicted octanol–water partition coefficient (Wildman–Crippen LogP) is 3.97. The molecule has 4 rings (SSSR count). The predicted molar refractivity (Wildman–Crippen MR) is 110 cm³/mol. The van der Waals surface area contributed by atoms with Crippen LogP contribution in [-0.2, 0) is 9.59 Å². The lowest BCUT2D eigenvalue weighted by Crippen LogP contribution is -2.57. The number of rotatable bonds is 4. The van der Waals surface area contributed by atoms with Crippen molar-refractivity contribution in [2.24, 2.45) is 11.8 Å². The highest BCUT2D eigenvalue weighted by Crippen LogP contribution is 2.45. The number of carbonyl (C=O) groups is 2. The van der Waals surface area contributed by atoms with Crippen molar-refractivity contribution in [2.45, 2.75) is 36.6 Å². The summed E-state index contributed by atoms with van der Waals surface area (Å²) in [7, 11) is 0. The minimum absolute atomic E-state index is 0.0825. The lowest BCUT2D eigenvalue weighted by atomic mass is 9.64. The van der Waals surface area contributed by atoms with Gasteiger partial charge in [0.25, 0.3) is 0 Å². The molecule has 2 heterocycles. The van der Waals surface area contributed by atoms with Crippen molar-refractivity contribution in [1.29, 1.82) is 0 Å². The second-order valence-electron chi connectivity index (χ2n) is 7.63. The van der Waals surface area contributed by atoms with Crippen LogP contribution < -0.4 is 5.32 Å². The maximum absolute atomic E-state index is 13.1. The van der Waals surface area contributed by atoms with Crippen LogP contribution in [0.25, 0.3) is 6.08 Å². The Hall–Kier alpha value is -2.46. The zero-order chi connectivity index (χ0) is 19.5. The minimum Gasteiger partial charge on any atom is -0.352 e. The molecule has 1 N–H and O–H groups in total. The lowest BCUT2D eigenvalue weighted by molar-refractivity contribution is -0.137. The molecule has 28 heavy (non-hydrogen) atoms. The van der Waals surface area contributed by atoms with E-state index >= 15 is 0 Å². The molecular weight excluding hydrogens is 372 g/mol. The normalized spacial score (nSPS) is 29.9. The Morgan fingerprint density at radius 3 is 2.71 bits per heavy atom. The fourth-order valence-corrected chi connectivity index (χ4v) is 4.92. The number of halogens is 1. The summed E-state index contributed by atoms with van der Waals surface area (Å²) in [5, 5.41) is 3.19. The van der Waals surface area contributed by atoms with Crippen molar-refractivity contribution >= 4 is 29.4 Å². The van der Waals surface area contributed by atoms with E-state index in [1.165, 1.54) is 6.08 Å². The molecule has 1 saturated heterocycles. The average Bonchev–Trinajstić information content (AvgIpc) is 2.73. The molecule has 1 aliphatic carbocycles. The van der Waals surface area contributed by atoms with Crippen molar-refractivity contribution in [3.63, 3.8) is 0 Å². The van der Waals surface area contributed by atoms with Gasteiger partial charge in [0.1, 0.15) is 5.92 Å². The SMILES string of the molecule is O=C(/C=C/c1cccnc1)C1C(=O)NC2CCC(Cl)CC2C1c1ccccc1. The van der Waals surface area contributed by atoms with Crippen LogP contribution in [0, 0.1) is 11.8 Å². The van der Waals surface area contributed by atoms with Crippen LogP contribution in [0.15, 0.2) is 60.9 Å². The van der Waals surface area contributed by atoms with Crippen LogP contribution in [0.1, 0.15) is 36.3 Å². The van der Waals surface area contributed by atoms with E-state index in [4.69, 9.17) is 11.6 Å². The highest BCUT2D eigenvalue weighted by atomic mass is 35.5. The third-order valence-corrected chi connectivity index (χ3v) is 6.28. The summed E-state index contributed by atoms with van der Waals surface area (Å²) in [6, 6.07) is 13.7. The largest absolute Gasteiger partial charge is 0.352 e. The average molecular weight is 395 g/mol. The van der Waals surface area contributed by atoms with Crippen molar-refractivity contribution in [3.05, 3.63) is 72.1 Å². The smallest absolute Gasteiger partial charge is 0.231 e. The van der Waals surface area contributed by atoms with E-state index in [-0.39, 0.29) is 34.9 Å². The monoisotopic (exact) mass is 394 g/mol. The molecule has 2 aromatic rings. The van der Waals surface area contributed by atoms with E-state index in [0.29, 0.717) is 0 Å². The Labute approximate surface area is 170 Å². The van der Waals surface area contributed by atoms with Crippen molar-refractivity contribution < 1.29 is 9.59 Å². The zero-order valence-electron chi connectivity index (χ0n) is 15.5. The lowest BCUT2D eigenvalue weighted by Gasteiger charge is -2.46. The Balaban J connectivity index is 1.67. The quantitative estimate of drug-likeness (QED) is 0.485. The van der Waals surface area contributed by atoms with Crippen LogP contribution in [0.4, 0.5) is 0 Å². The van der Waals surface area contributed by atoms with Gasteiger partial charge in [0.15, 0.2) is 5.78 Å². The highest BCUT2D eigenvalue weighted by Gasteiger charge is 2.48. The summed E-state index contributed by atoms with van der Waals surface area (Å²) < 4.78 is 0. The molecule has 0 bridgehead atoms. The summed E-state index contributed by atoms with van der Waals surface area (Å²) in [6.45, 7) is 0. The number of nitrogens with one attached hydrogen (secondary N) is 1. The van der Waals surface area contributed by atoms with Gasteiger partial charge in [0.2, 0.25) is 5.91 Å². The van der Waals surface area contributed by atoms with Gasteiger partial charge in [-0.3, -0.25) is 14.6 Å². The summed E-state index contributed by atoms with van der Waals surface area (Å²) in [6.07, 6.45) is 9.17. The van der Waals surface area contributed by atoms with Gasteiger partial charge in [-0.2, -0.15) is 0 Å². The first kappa shape index (κ1) is 18.9. The molecule has 1 aromatic heterocycles. The Morgan fingerprint density at radius 2 is 1.96 bits per heavy atom. The first-order chi connectivity index (χ1) is 13.6. The molecule has 0 spiro atoms. The fraction of sp³-hybridized carbons (Fsp3) is 0.348. The molecule has 5 heteroatoms. The molecule has 5 unspecified atom stereocenters. The second kappa shape index (κ2) is 8.27. The van der Waals surface area contributed by atoms with Gasteiger partial charge in [0, 0.05) is 29.7 Å². The molecule has 5 atom stereocenters. The second-order valence-corrected chi connectivity index (χ2v) is 8.24. The first-order valence-electron chi connectivity index (χ1n) is 9.75. The van der Waals surface area contributed by atoms with E-state index in [1.54, 1.807) is 18.5 Å². The van der Waals surface area contributed by atoms with Gasteiger partial charge in [-0.05, 0) is 54.5 Å². The van der Waals surface area contributed by atoms with Crippen LogP contribution >= 0.6 is 11.6 Å². The molecule has 0 radical (unpaired) electrons. The summed E-state index contributed by atoms with van der Waals surface area (Å²) >= 11 is 6.48. The van der Waals surface area contributed by atoms with Crippen LogP contribution in [-0.4, -0.2) is 28.1 Å². The van der Waals surface area contributed by atoms with Gasteiger partial charge in [-0.15, -0.1) is 11.6 Å². The topological polar surface area (TPSA) is 59.1 Å². The Kier molecular flexibility index (Phi) is 5.58. The van der Waals surface area contributed by atoms with Gasteiger partial charge in [0.05, 0.1) is 0 Å². The van der Waals surface area contributed by atoms with Gasteiger partial charge < -0.3 is 5.32 Å². The van der Waals surface area contributed by atoms with Crippen LogP contribution in [0.2, 0.25) is 0 Å². The van der Waals surface area contributed by atoms with E-state index in [0.717, 1.165) is 30.4 Å². The molecule has 1 saturated carbocycles.